The highest BCUT2D eigenvalue weighted by molar-refractivity contribution is 6.35. The van der Waals surface area contributed by atoms with Crippen molar-refractivity contribution in [3.8, 4) is 0 Å². The number of hydrogen-bond acceptors (Lipinski definition) is 4. The fourth-order valence-corrected chi connectivity index (χ4v) is 3.93. The van der Waals surface area contributed by atoms with Gasteiger partial charge in [0, 0.05) is 17.9 Å². The molecule has 1 aliphatic carbocycles. The molecule has 0 amide bonds. The Morgan fingerprint density at radius 1 is 1.30 bits per heavy atom. The first-order chi connectivity index (χ1) is 13.1. The highest BCUT2D eigenvalue weighted by Gasteiger charge is 2.29. The zero-order chi connectivity index (χ0) is 18.5. The van der Waals surface area contributed by atoms with Crippen LogP contribution in [0.25, 0.3) is 21.8 Å². The lowest BCUT2D eigenvalue weighted by Crippen LogP contribution is -2.26. The summed E-state index contributed by atoms with van der Waals surface area (Å²) in [6.07, 6.45) is 5.41. The lowest BCUT2D eigenvalue weighted by atomic mass is 10.1. The Bertz CT molecular complexity index is 1220. The summed E-state index contributed by atoms with van der Waals surface area (Å²) in [5, 5.41) is 6.34. The smallest absolute Gasteiger partial charge is 0.260 e. The SMILES string of the molecule is C[C@H](Nc1ncnc2[nH]ccc12)c1cc2cccc(Cl)c2c(=O)n1C1CC1. The normalized spacial score (nSPS) is 15.3. The van der Waals surface area contributed by atoms with E-state index in [2.05, 4.69) is 26.3 Å². The van der Waals surface area contributed by atoms with Gasteiger partial charge in [0.25, 0.3) is 5.56 Å². The maximum absolute atomic E-state index is 13.2. The summed E-state index contributed by atoms with van der Waals surface area (Å²) in [4.78, 5) is 24.9. The number of pyridine rings is 1. The van der Waals surface area contributed by atoms with Crippen molar-refractivity contribution in [2.24, 2.45) is 0 Å². The summed E-state index contributed by atoms with van der Waals surface area (Å²) in [6.45, 7) is 2.05. The molecule has 0 aliphatic heterocycles. The molecule has 4 aromatic rings. The predicted octanol–water partition coefficient (Wildman–Crippen LogP) is 4.43. The van der Waals surface area contributed by atoms with Crippen LogP contribution in [-0.2, 0) is 0 Å². The van der Waals surface area contributed by atoms with E-state index in [9.17, 15) is 4.79 Å². The van der Waals surface area contributed by atoms with Crippen molar-refractivity contribution in [1.29, 1.82) is 0 Å². The summed E-state index contributed by atoms with van der Waals surface area (Å²) < 4.78 is 1.90. The van der Waals surface area contributed by atoms with Crippen molar-refractivity contribution in [2.45, 2.75) is 31.8 Å². The van der Waals surface area contributed by atoms with E-state index < -0.39 is 0 Å². The van der Waals surface area contributed by atoms with Crippen molar-refractivity contribution in [3.63, 3.8) is 0 Å². The predicted molar refractivity (Wildman–Crippen MR) is 107 cm³/mol. The molecule has 2 N–H and O–H groups in total. The molecule has 1 aromatic carbocycles. The number of fused-ring (bicyclic) bond motifs is 2. The van der Waals surface area contributed by atoms with E-state index >= 15 is 0 Å². The second kappa shape index (κ2) is 6.09. The number of benzene rings is 1. The molecule has 0 saturated heterocycles. The Balaban J connectivity index is 1.64. The van der Waals surface area contributed by atoms with Crippen molar-refractivity contribution in [3.05, 3.63) is 63.9 Å². The van der Waals surface area contributed by atoms with Gasteiger partial charge in [-0.2, -0.15) is 0 Å². The van der Waals surface area contributed by atoms with Crippen LogP contribution >= 0.6 is 11.6 Å². The van der Waals surface area contributed by atoms with Gasteiger partial charge in [-0.1, -0.05) is 23.7 Å². The van der Waals surface area contributed by atoms with Crippen LogP contribution in [0.1, 0.15) is 37.5 Å². The van der Waals surface area contributed by atoms with E-state index in [1.54, 1.807) is 6.07 Å². The quantitative estimate of drug-likeness (QED) is 0.549. The van der Waals surface area contributed by atoms with Gasteiger partial charge in [0.2, 0.25) is 0 Å². The fraction of sp³-hybridized carbons (Fsp3) is 0.250. The third kappa shape index (κ3) is 2.68. The minimum Gasteiger partial charge on any atom is -0.361 e. The van der Waals surface area contributed by atoms with E-state index in [1.807, 2.05) is 35.9 Å². The first kappa shape index (κ1) is 16.3. The molecule has 5 rings (SSSR count). The number of anilines is 1. The molecule has 1 saturated carbocycles. The molecule has 6 nitrogen and oxygen atoms in total. The van der Waals surface area contributed by atoms with Crippen LogP contribution in [0.15, 0.2) is 47.7 Å². The molecule has 1 aliphatic rings. The van der Waals surface area contributed by atoms with Gasteiger partial charge in [-0.25, -0.2) is 9.97 Å². The number of halogens is 1. The van der Waals surface area contributed by atoms with Crippen LogP contribution in [0.5, 0.6) is 0 Å². The Labute approximate surface area is 160 Å². The topological polar surface area (TPSA) is 75.6 Å². The molecule has 1 fully saturated rings. The fourth-order valence-electron chi connectivity index (χ4n) is 3.66. The highest BCUT2D eigenvalue weighted by atomic mass is 35.5. The number of aromatic amines is 1. The zero-order valence-corrected chi connectivity index (χ0v) is 15.5. The monoisotopic (exact) mass is 379 g/mol. The third-order valence-corrected chi connectivity index (χ3v) is 5.44. The summed E-state index contributed by atoms with van der Waals surface area (Å²) in [7, 11) is 0. The number of rotatable bonds is 4. The van der Waals surface area contributed by atoms with Gasteiger partial charge in [-0.15, -0.1) is 0 Å². The summed E-state index contributed by atoms with van der Waals surface area (Å²) in [6, 6.07) is 9.73. The molecule has 0 spiro atoms. The molecule has 136 valence electrons. The minimum absolute atomic E-state index is 0.0151. The van der Waals surface area contributed by atoms with Gasteiger partial charge in [0.1, 0.15) is 17.8 Å². The second-order valence-corrected chi connectivity index (χ2v) is 7.42. The van der Waals surface area contributed by atoms with E-state index in [0.717, 1.165) is 40.8 Å². The molecule has 3 aromatic heterocycles. The molecule has 1 atom stereocenters. The average Bonchev–Trinajstić information content (AvgIpc) is 3.37. The first-order valence-electron chi connectivity index (χ1n) is 9.02. The van der Waals surface area contributed by atoms with Crippen LogP contribution < -0.4 is 10.9 Å². The Morgan fingerprint density at radius 3 is 2.96 bits per heavy atom. The minimum atomic E-state index is -0.102. The van der Waals surface area contributed by atoms with Gasteiger partial charge in [0.15, 0.2) is 0 Å². The number of nitrogens with zero attached hydrogens (tertiary/aromatic N) is 3. The molecule has 0 bridgehead atoms. The maximum atomic E-state index is 13.2. The van der Waals surface area contributed by atoms with E-state index in [-0.39, 0.29) is 17.6 Å². The van der Waals surface area contributed by atoms with Crippen LogP contribution in [0.2, 0.25) is 5.02 Å². The third-order valence-electron chi connectivity index (χ3n) is 5.12. The van der Waals surface area contributed by atoms with Crippen molar-refractivity contribution < 1.29 is 0 Å². The van der Waals surface area contributed by atoms with Gasteiger partial charge in [0.05, 0.1) is 21.8 Å². The number of H-pyrrole nitrogens is 1. The second-order valence-electron chi connectivity index (χ2n) is 7.01. The Hall–Kier alpha value is -2.86. The largest absolute Gasteiger partial charge is 0.361 e. The van der Waals surface area contributed by atoms with E-state index in [0.29, 0.717) is 10.4 Å². The maximum Gasteiger partial charge on any atom is 0.260 e. The average molecular weight is 380 g/mol. The molecule has 3 heterocycles. The van der Waals surface area contributed by atoms with Crippen molar-refractivity contribution in [1.82, 2.24) is 19.5 Å². The standard InChI is InChI=1S/C20H18ClN5O/c1-11(25-19-14-7-8-22-18(14)23-10-24-19)16-9-12-3-2-4-15(21)17(12)20(27)26(16)13-5-6-13/h2-4,7-11,13H,5-6H2,1H3,(H2,22,23,24,25)/t11-/m0/s1. The molecule has 27 heavy (non-hydrogen) atoms. The van der Waals surface area contributed by atoms with Crippen molar-refractivity contribution in [2.75, 3.05) is 5.32 Å². The number of hydrogen-bond donors (Lipinski definition) is 2. The van der Waals surface area contributed by atoms with Gasteiger partial charge < -0.3 is 14.9 Å². The van der Waals surface area contributed by atoms with E-state index in [1.165, 1.54) is 6.33 Å². The van der Waals surface area contributed by atoms with Crippen LogP contribution in [0, 0.1) is 0 Å². The van der Waals surface area contributed by atoms with Gasteiger partial charge in [-0.05, 0) is 43.4 Å². The number of aromatic nitrogens is 4. The molecular weight excluding hydrogens is 362 g/mol. The first-order valence-corrected chi connectivity index (χ1v) is 9.39. The van der Waals surface area contributed by atoms with Crippen molar-refractivity contribution >= 4 is 39.2 Å². The Kier molecular flexibility index (Phi) is 3.68. The molecule has 7 heteroatoms. The van der Waals surface area contributed by atoms with Gasteiger partial charge in [-0.3, -0.25) is 4.79 Å². The lowest BCUT2D eigenvalue weighted by molar-refractivity contribution is 0.636. The molecular formula is C20H18ClN5O. The Morgan fingerprint density at radius 2 is 2.15 bits per heavy atom. The zero-order valence-electron chi connectivity index (χ0n) is 14.7. The highest BCUT2D eigenvalue weighted by Crippen LogP contribution is 2.38. The summed E-state index contributed by atoms with van der Waals surface area (Å²) in [5.41, 5.74) is 1.71. The molecule has 0 unspecified atom stereocenters. The lowest BCUT2D eigenvalue weighted by Gasteiger charge is -2.21. The molecule has 0 radical (unpaired) electrons. The van der Waals surface area contributed by atoms with Crippen LogP contribution in [0.4, 0.5) is 5.82 Å². The van der Waals surface area contributed by atoms with Crippen LogP contribution in [-0.4, -0.2) is 19.5 Å². The van der Waals surface area contributed by atoms with Gasteiger partial charge >= 0.3 is 0 Å². The summed E-state index contributed by atoms with van der Waals surface area (Å²) >= 11 is 6.32. The summed E-state index contributed by atoms with van der Waals surface area (Å²) in [5.74, 6) is 0.745. The van der Waals surface area contributed by atoms with Crippen LogP contribution in [0.3, 0.4) is 0 Å². The van der Waals surface area contributed by atoms with E-state index in [4.69, 9.17) is 11.6 Å². The number of nitrogens with one attached hydrogen (secondary N) is 2.